The summed E-state index contributed by atoms with van der Waals surface area (Å²) in [5.74, 6) is 0.616. The number of anilines is 1. The summed E-state index contributed by atoms with van der Waals surface area (Å²) in [5, 5.41) is 3.69. The van der Waals surface area contributed by atoms with Crippen LogP contribution in [0.5, 0.6) is 0 Å². The van der Waals surface area contributed by atoms with E-state index in [1.54, 1.807) is 0 Å². The number of rotatable bonds is 2. The largest absolute Gasteiger partial charge is 0.380 e. The third-order valence-corrected chi connectivity index (χ3v) is 6.16. The van der Waals surface area contributed by atoms with Gasteiger partial charge in [0, 0.05) is 16.2 Å². The maximum atomic E-state index is 13.2. The topological polar surface area (TPSA) is 12.0 Å². The monoisotopic (exact) mass is 325 g/mol. The van der Waals surface area contributed by atoms with Gasteiger partial charge in [0.05, 0.1) is 0 Å². The molecule has 2 fully saturated rings. The van der Waals surface area contributed by atoms with Crippen molar-refractivity contribution < 1.29 is 4.39 Å². The second kappa shape index (κ2) is 4.21. The van der Waals surface area contributed by atoms with Crippen molar-refractivity contribution in [3.8, 4) is 0 Å². The zero-order valence-electron chi connectivity index (χ0n) is 11.8. The van der Waals surface area contributed by atoms with Crippen molar-refractivity contribution >= 4 is 21.6 Å². The molecule has 2 aliphatic carbocycles. The maximum absolute atomic E-state index is 13.2. The highest BCUT2D eigenvalue weighted by atomic mass is 79.9. The van der Waals surface area contributed by atoms with Crippen LogP contribution in [-0.4, -0.2) is 6.04 Å². The number of hydrogen-bond acceptors (Lipinski definition) is 1. The first kappa shape index (κ1) is 13.4. The van der Waals surface area contributed by atoms with Crippen molar-refractivity contribution in [2.75, 3.05) is 5.32 Å². The number of fused-ring (bicyclic) bond motifs is 2. The molecule has 0 spiro atoms. The normalized spacial score (nSPS) is 35.6. The predicted molar refractivity (Wildman–Crippen MR) is 80.7 cm³/mol. The quantitative estimate of drug-likeness (QED) is 0.786. The molecule has 0 aliphatic heterocycles. The van der Waals surface area contributed by atoms with Crippen LogP contribution >= 0.6 is 15.9 Å². The van der Waals surface area contributed by atoms with E-state index in [-0.39, 0.29) is 5.82 Å². The Bertz CT molecular complexity index is 509. The molecule has 3 unspecified atom stereocenters. The van der Waals surface area contributed by atoms with Gasteiger partial charge in [0.2, 0.25) is 0 Å². The Labute approximate surface area is 123 Å². The summed E-state index contributed by atoms with van der Waals surface area (Å²) in [6, 6.07) is 5.35. The summed E-state index contributed by atoms with van der Waals surface area (Å²) >= 11 is 3.46. The molecule has 2 bridgehead atoms. The Kier molecular flexibility index (Phi) is 2.97. The van der Waals surface area contributed by atoms with Gasteiger partial charge in [-0.3, -0.25) is 0 Å². The lowest BCUT2D eigenvalue weighted by Crippen LogP contribution is -2.45. The van der Waals surface area contributed by atoms with E-state index in [9.17, 15) is 4.39 Å². The molecule has 3 rings (SSSR count). The Hall–Kier alpha value is -0.570. The molecule has 0 heterocycles. The van der Waals surface area contributed by atoms with Gasteiger partial charge in [-0.25, -0.2) is 4.39 Å². The number of halogens is 2. The molecule has 2 aliphatic rings. The fourth-order valence-corrected chi connectivity index (χ4v) is 4.89. The van der Waals surface area contributed by atoms with Crippen molar-refractivity contribution in [2.45, 2.75) is 46.1 Å². The van der Waals surface area contributed by atoms with Crippen molar-refractivity contribution in [1.29, 1.82) is 0 Å². The zero-order valence-corrected chi connectivity index (χ0v) is 13.3. The van der Waals surface area contributed by atoms with E-state index in [0.717, 1.165) is 16.1 Å². The highest BCUT2D eigenvalue weighted by molar-refractivity contribution is 9.10. The Morgan fingerprint density at radius 3 is 2.63 bits per heavy atom. The van der Waals surface area contributed by atoms with Crippen LogP contribution < -0.4 is 5.32 Å². The molecular formula is C16H21BrFN. The molecule has 0 aromatic heterocycles. The second-order valence-corrected chi connectivity index (χ2v) is 7.97. The molecule has 1 aromatic carbocycles. The van der Waals surface area contributed by atoms with E-state index in [1.165, 1.54) is 31.4 Å². The number of benzene rings is 1. The minimum Gasteiger partial charge on any atom is -0.380 e. The summed E-state index contributed by atoms with van der Waals surface area (Å²) in [6.07, 6.45) is 3.97. The minimum absolute atomic E-state index is 0.198. The summed E-state index contributed by atoms with van der Waals surface area (Å²) in [4.78, 5) is 0. The van der Waals surface area contributed by atoms with Gasteiger partial charge in [-0.05, 0) is 70.1 Å². The van der Waals surface area contributed by atoms with Gasteiger partial charge in [0.25, 0.3) is 0 Å². The van der Waals surface area contributed by atoms with Crippen LogP contribution in [0.4, 0.5) is 10.1 Å². The molecule has 104 valence electrons. The molecule has 1 N–H and O–H groups in total. The van der Waals surface area contributed by atoms with Crippen LogP contribution in [0, 0.1) is 22.6 Å². The first-order valence-electron chi connectivity index (χ1n) is 7.04. The molecule has 0 saturated heterocycles. The zero-order chi connectivity index (χ0) is 13.8. The molecular weight excluding hydrogens is 305 g/mol. The SMILES string of the molecule is CC12CCC(C1)C(C)(C)C2Nc1ccc(F)cc1Br. The lowest BCUT2D eigenvalue weighted by molar-refractivity contribution is 0.155. The summed E-state index contributed by atoms with van der Waals surface area (Å²) in [7, 11) is 0. The van der Waals surface area contributed by atoms with E-state index in [2.05, 4.69) is 42.0 Å². The van der Waals surface area contributed by atoms with E-state index in [1.807, 2.05) is 6.07 Å². The first-order valence-corrected chi connectivity index (χ1v) is 7.84. The Balaban J connectivity index is 1.90. The fourth-order valence-electron chi connectivity index (χ4n) is 4.42. The van der Waals surface area contributed by atoms with Gasteiger partial charge in [-0.2, -0.15) is 0 Å². The molecule has 1 nitrogen and oxygen atoms in total. The molecule has 2 saturated carbocycles. The van der Waals surface area contributed by atoms with Gasteiger partial charge in [0.15, 0.2) is 0 Å². The standard InChI is InChI=1S/C16H21BrFN/c1-15(2)10-6-7-16(3,9-10)14(15)19-13-5-4-11(18)8-12(13)17/h4-5,8,10,14,19H,6-7,9H2,1-3H3. The van der Waals surface area contributed by atoms with Crippen molar-refractivity contribution in [2.24, 2.45) is 16.7 Å². The first-order chi connectivity index (χ1) is 8.83. The number of nitrogens with one attached hydrogen (secondary N) is 1. The smallest absolute Gasteiger partial charge is 0.124 e. The van der Waals surface area contributed by atoms with Gasteiger partial charge in [-0.15, -0.1) is 0 Å². The van der Waals surface area contributed by atoms with E-state index in [4.69, 9.17) is 0 Å². The molecule has 3 heteroatoms. The van der Waals surface area contributed by atoms with Crippen LogP contribution in [0.3, 0.4) is 0 Å². The van der Waals surface area contributed by atoms with Gasteiger partial charge in [-0.1, -0.05) is 20.8 Å². The maximum Gasteiger partial charge on any atom is 0.124 e. The van der Waals surface area contributed by atoms with E-state index < -0.39 is 0 Å². The van der Waals surface area contributed by atoms with E-state index >= 15 is 0 Å². The third kappa shape index (κ3) is 2.01. The minimum atomic E-state index is -0.198. The molecule has 19 heavy (non-hydrogen) atoms. The van der Waals surface area contributed by atoms with Crippen LogP contribution in [0.15, 0.2) is 22.7 Å². The van der Waals surface area contributed by atoms with Crippen LogP contribution in [0.1, 0.15) is 40.0 Å². The van der Waals surface area contributed by atoms with Gasteiger partial charge < -0.3 is 5.32 Å². The lowest BCUT2D eigenvalue weighted by atomic mass is 9.68. The lowest BCUT2D eigenvalue weighted by Gasteiger charge is -2.43. The number of hydrogen-bond donors (Lipinski definition) is 1. The highest BCUT2D eigenvalue weighted by Gasteiger charge is 2.59. The molecule has 1 aromatic rings. The second-order valence-electron chi connectivity index (χ2n) is 7.12. The van der Waals surface area contributed by atoms with Crippen LogP contribution in [-0.2, 0) is 0 Å². The average molecular weight is 326 g/mol. The summed E-state index contributed by atoms with van der Waals surface area (Å²) < 4.78 is 14.0. The Morgan fingerprint density at radius 2 is 2.05 bits per heavy atom. The van der Waals surface area contributed by atoms with Crippen LogP contribution in [0.2, 0.25) is 0 Å². The molecule has 0 radical (unpaired) electrons. The van der Waals surface area contributed by atoms with Gasteiger partial charge in [0.1, 0.15) is 5.82 Å². The van der Waals surface area contributed by atoms with Crippen LogP contribution in [0.25, 0.3) is 0 Å². The fraction of sp³-hybridized carbons (Fsp3) is 0.625. The summed E-state index contributed by atoms with van der Waals surface area (Å²) in [6.45, 7) is 7.14. The van der Waals surface area contributed by atoms with Gasteiger partial charge >= 0.3 is 0 Å². The average Bonchev–Trinajstić information content (AvgIpc) is 2.78. The predicted octanol–water partition coefficient (Wildman–Crippen LogP) is 5.21. The molecule has 3 atom stereocenters. The van der Waals surface area contributed by atoms with Crippen molar-refractivity contribution in [1.82, 2.24) is 0 Å². The molecule has 0 amide bonds. The summed E-state index contributed by atoms with van der Waals surface area (Å²) in [5.41, 5.74) is 1.69. The highest BCUT2D eigenvalue weighted by Crippen LogP contribution is 2.63. The Morgan fingerprint density at radius 1 is 1.32 bits per heavy atom. The van der Waals surface area contributed by atoms with Crippen molar-refractivity contribution in [3.05, 3.63) is 28.5 Å². The third-order valence-electron chi connectivity index (χ3n) is 5.50. The van der Waals surface area contributed by atoms with Crippen molar-refractivity contribution in [3.63, 3.8) is 0 Å². The van der Waals surface area contributed by atoms with E-state index in [0.29, 0.717) is 16.9 Å².